The van der Waals surface area contributed by atoms with E-state index in [-0.39, 0.29) is 0 Å². The molecule has 0 atom stereocenters. The molecule has 140 valence electrons. The molecule has 0 amide bonds. The van der Waals surface area contributed by atoms with Crippen LogP contribution in [0.4, 0.5) is 11.5 Å². The molecular weight excluding hydrogens is 362 g/mol. The molecule has 0 aliphatic rings. The van der Waals surface area contributed by atoms with Crippen LogP contribution in [0.2, 0.25) is 0 Å². The Morgan fingerprint density at radius 2 is 1.79 bits per heavy atom. The Morgan fingerprint density at radius 1 is 0.897 bits per heavy atom. The minimum absolute atomic E-state index is 0.603. The summed E-state index contributed by atoms with van der Waals surface area (Å²) in [5, 5.41) is 5.38. The molecule has 0 fully saturated rings. The third-order valence-electron chi connectivity index (χ3n) is 4.71. The number of aromatic nitrogens is 4. The quantitative estimate of drug-likeness (QED) is 0.474. The van der Waals surface area contributed by atoms with E-state index in [2.05, 4.69) is 15.3 Å². The van der Waals surface area contributed by atoms with Crippen molar-refractivity contribution in [1.29, 1.82) is 0 Å². The van der Waals surface area contributed by atoms with E-state index in [1.54, 1.807) is 25.7 Å². The number of rotatable bonds is 4. The molecular formula is C23H17N5O. The Morgan fingerprint density at radius 3 is 2.66 bits per heavy atom. The summed E-state index contributed by atoms with van der Waals surface area (Å²) in [7, 11) is 1.65. The van der Waals surface area contributed by atoms with E-state index in [0.29, 0.717) is 11.6 Å². The molecule has 0 saturated heterocycles. The number of benzene rings is 2. The SMILES string of the molecule is COc1ccc2nc(-c3cccnc3)nc(Nc3cccc4cccnc34)c2c1. The molecule has 6 nitrogen and oxygen atoms in total. The Labute approximate surface area is 167 Å². The highest BCUT2D eigenvalue weighted by atomic mass is 16.5. The van der Waals surface area contributed by atoms with Gasteiger partial charge in [-0.3, -0.25) is 9.97 Å². The van der Waals surface area contributed by atoms with Crippen molar-refractivity contribution in [3.63, 3.8) is 0 Å². The zero-order valence-corrected chi connectivity index (χ0v) is 15.7. The summed E-state index contributed by atoms with van der Waals surface area (Å²) in [6, 6.07) is 19.6. The third kappa shape index (κ3) is 3.21. The van der Waals surface area contributed by atoms with Gasteiger partial charge in [0.2, 0.25) is 0 Å². The topological polar surface area (TPSA) is 72.8 Å². The third-order valence-corrected chi connectivity index (χ3v) is 4.71. The monoisotopic (exact) mass is 379 g/mol. The minimum Gasteiger partial charge on any atom is -0.497 e. The van der Waals surface area contributed by atoms with Gasteiger partial charge in [0.1, 0.15) is 11.6 Å². The molecule has 0 unspecified atom stereocenters. The first-order valence-electron chi connectivity index (χ1n) is 9.19. The average Bonchev–Trinajstić information content (AvgIpc) is 2.79. The van der Waals surface area contributed by atoms with Gasteiger partial charge in [-0.05, 0) is 42.5 Å². The van der Waals surface area contributed by atoms with Crippen LogP contribution in [-0.2, 0) is 0 Å². The van der Waals surface area contributed by atoms with E-state index in [1.165, 1.54) is 0 Å². The summed E-state index contributed by atoms with van der Waals surface area (Å²) in [5.41, 5.74) is 3.43. The molecule has 0 aliphatic carbocycles. The van der Waals surface area contributed by atoms with Crippen molar-refractivity contribution >= 4 is 33.3 Å². The number of hydrogen-bond acceptors (Lipinski definition) is 6. The van der Waals surface area contributed by atoms with Crippen molar-refractivity contribution in [2.24, 2.45) is 0 Å². The van der Waals surface area contributed by atoms with Crippen LogP contribution in [0.5, 0.6) is 5.75 Å². The first kappa shape index (κ1) is 17.1. The average molecular weight is 379 g/mol. The number of fused-ring (bicyclic) bond motifs is 2. The first-order chi connectivity index (χ1) is 14.3. The van der Waals surface area contributed by atoms with Crippen LogP contribution in [0.1, 0.15) is 0 Å². The standard InChI is InChI=1S/C23H17N5O/c1-29-17-9-10-19-18(13-17)23(28-22(26-19)16-7-3-11-24-14-16)27-20-8-2-5-15-6-4-12-25-21(15)20/h2-14H,1H3,(H,26,27,28). The maximum atomic E-state index is 5.41. The van der Waals surface area contributed by atoms with E-state index in [4.69, 9.17) is 14.7 Å². The lowest BCUT2D eigenvalue weighted by molar-refractivity contribution is 0.415. The molecule has 2 aromatic carbocycles. The zero-order valence-electron chi connectivity index (χ0n) is 15.7. The van der Waals surface area contributed by atoms with Gasteiger partial charge in [-0.15, -0.1) is 0 Å². The maximum absolute atomic E-state index is 5.41. The Kier molecular flexibility index (Phi) is 4.22. The first-order valence-corrected chi connectivity index (χ1v) is 9.19. The predicted molar refractivity (Wildman–Crippen MR) is 114 cm³/mol. The summed E-state index contributed by atoms with van der Waals surface area (Å²) >= 11 is 0. The highest BCUT2D eigenvalue weighted by Gasteiger charge is 2.12. The van der Waals surface area contributed by atoms with Gasteiger partial charge in [-0.25, -0.2) is 9.97 Å². The van der Waals surface area contributed by atoms with Gasteiger partial charge in [-0.1, -0.05) is 18.2 Å². The largest absolute Gasteiger partial charge is 0.497 e. The summed E-state index contributed by atoms with van der Waals surface area (Å²) < 4.78 is 5.41. The van der Waals surface area contributed by atoms with Crippen LogP contribution >= 0.6 is 0 Å². The number of hydrogen-bond donors (Lipinski definition) is 1. The highest BCUT2D eigenvalue weighted by molar-refractivity contribution is 5.97. The number of ether oxygens (including phenoxy) is 1. The van der Waals surface area contributed by atoms with Crippen molar-refractivity contribution < 1.29 is 4.74 Å². The molecule has 29 heavy (non-hydrogen) atoms. The molecule has 0 saturated carbocycles. The predicted octanol–water partition coefficient (Wildman–Crippen LogP) is 4.99. The van der Waals surface area contributed by atoms with Gasteiger partial charge in [0.25, 0.3) is 0 Å². The molecule has 3 aromatic heterocycles. The van der Waals surface area contributed by atoms with Gasteiger partial charge >= 0.3 is 0 Å². The minimum atomic E-state index is 0.603. The lowest BCUT2D eigenvalue weighted by Crippen LogP contribution is -2.01. The van der Waals surface area contributed by atoms with Crippen LogP contribution in [-0.4, -0.2) is 27.0 Å². The lowest BCUT2D eigenvalue weighted by atomic mass is 10.1. The second-order valence-electron chi connectivity index (χ2n) is 6.53. The summed E-state index contributed by atoms with van der Waals surface area (Å²) in [6.45, 7) is 0. The summed E-state index contributed by atoms with van der Waals surface area (Å²) in [4.78, 5) is 18.3. The van der Waals surface area contributed by atoms with Gasteiger partial charge in [0.05, 0.1) is 23.8 Å². The number of pyridine rings is 2. The lowest BCUT2D eigenvalue weighted by Gasteiger charge is -2.13. The fourth-order valence-corrected chi connectivity index (χ4v) is 3.29. The Hall–Kier alpha value is -4.06. The van der Waals surface area contributed by atoms with Crippen molar-refractivity contribution in [1.82, 2.24) is 19.9 Å². The highest BCUT2D eigenvalue weighted by Crippen LogP contribution is 2.31. The van der Waals surface area contributed by atoms with E-state index >= 15 is 0 Å². The maximum Gasteiger partial charge on any atom is 0.163 e. The van der Waals surface area contributed by atoms with E-state index < -0.39 is 0 Å². The second kappa shape index (κ2) is 7.16. The molecule has 5 aromatic rings. The van der Waals surface area contributed by atoms with Crippen molar-refractivity contribution in [2.75, 3.05) is 12.4 Å². The number of nitrogens with one attached hydrogen (secondary N) is 1. The van der Waals surface area contributed by atoms with E-state index in [0.717, 1.165) is 38.8 Å². The van der Waals surface area contributed by atoms with Gasteiger partial charge in [0, 0.05) is 34.9 Å². The van der Waals surface area contributed by atoms with E-state index in [1.807, 2.05) is 60.7 Å². The van der Waals surface area contributed by atoms with Crippen LogP contribution < -0.4 is 10.1 Å². The van der Waals surface area contributed by atoms with Gasteiger partial charge in [-0.2, -0.15) is 0 Å². The number of methoxy groups -OCH3 is 1. The second-order valence-corrected chi connectivity index (χ2v) is 6.53. The fourth-order valence-electron chi connectivity index (χ4n) is 3.29. The zero-order chi connectivity index (χ0) is 19.6. The van der Waals surface area contributed by atoms with Crippen molar-refractivity contribution in [2.45, 2.75) is 0 Å². The summed E-state index contributed by atoms with van der Waals surface area (Å²) in [6.07, 6.45) is 5.28. The molecule has 6 heteroatoms. The molecule has 0 radical (unpaired) electrons. The van der Waals surface area contributed by atoms with Gasteiger partial charge in [0.15, 0.2) is 5.82 Å². The molecule has 0 spiro atoms. The van der Waals surface area contributed by atoms with Crippen LogP contribution in [0.3, 0.4) is 0 Å². The van der Waals surface area contributed by atoms with Crippen molar-refractivity contribution in [3.05, 3.63) is 79.3 Å². The van der Waals surface area contributed by atoms with Gasteiger partial charge < -0.3 is 10.1 Å². The Balaban J connectivity index is 1.71. The van der Waals surface area contributed by atoms with Crippen LogP contribution in [0.25, 0.3) is 33.2 Å². The van der Waals surface area contributed by atoms with Crippen molar-refractivity contribution in [3.8, 4) is 17.1 Å². The number of para-hydroxylation sites is 1. The molecule has 1 N–H and O–H groups in total. The molecule has 0 bridgehead atoms. The molecule has 3 heterocycles. The smallest absolute Gasteiger partial charge is 0.163 e. The van der Waals surface area contributed by atoms with Crippen LogP contribution in [0.15, 0.2) is 79.3 Å². The number of anilines is 2. The Bertz CT molecular complexity index is 1320. The summed E-state index contributed by atoms with van der Waals surface area (Å²) in [5.74, 6) is 2.03. The fraction of sp³-hybridized carbons (Fsp3) is 0.0435. The van der Waals surface area contributed by atoms with Crippen LogP contribution in [0, 0.1) is 0 Å². The number of nitrogens with zero attached hydrogens (tertiary/aromatic N) is 4. The normalized spacial score (nSPS) is 10.9. The molecule has 0 aliphatic heterocycles. The molecule has 5 rings (SSSR count). The van der Waals surface area contributed by atoms with E-state index in [9.17, 15) is 0 Å².